The van der Waals surface area contributed by atoms with Gasteiger partial charge in [-0.25, -0.2) is 4.18 Å². The van der Waals surface area contributed by atoms with Crippen LogP contribution < -0.4 is 5.32 Å². The van der Waals surface area contributed by atoms with Crippen molar-refractivity contribution in [2.45, 2.75) is 352 Å². The van der Waals surface area contributed by atoms with Crippen LogP contribution in [0.15, 0.2) is 24.3 Å². The van der Waals surface area contributed by atoms with Crippen LogP contribution >= 0.6 is 0 Å². The molecule has 0 radical (unpaired) electrons. The van der Waals surface area contributed by atoms with Gasteiger partial charge in [-0.2, -0.15) is 8.42 Å². The van der Waals surface area contributed by atoms with Crippen molar-refractivity contribution in [3.8, 4) is 0 Å². The van der Waals surface area contributed by atoms with Crippen LogP contribution in [-0.2, 0) is 28.9 Å². The standard InChI is InChI=1S/C62H119NO11S/c1-3-5-7-9-11-13-15-17-19-21-23-24-25-26-27-28-29-30-31-32-34-36-38-40-42-44-46-48-50-52-58(66)63-55(54-72-62-60(68)61(74-75(69,70)71)59(67)57(53-64)73-62)56(65)51-49-47-45-43-41-39-37-35-33-22-20-18-16-14-12-10-8-6-4-2/h23-24,26-27,55-57,59-62,64-65,67-68H,3-22,25,28-54H2,1-2H3,(H,63,66)(H,69,70,71)/b24-23-,27-26-. The summed E-state index contributed by atoms with van der Waals surface area (Å²) in [6.45, 7) is 3.50. The van der Waals surface area contributed by atoms with Crippen LogP contribution in [0, 0.1) is 0 Å². The van der Waals surface area contributed by atoms with Crippen molar-refractivity contribution in [1.82, 2.24) is 5.32 Å². The average molecular weight is 1090 g/mol. The maximum absolute atomic E-state index is 13.2. The molecule has 0 aliphatic carbocycles. The van der Waals surface area contributed by atoms with Crippen molar-refractivity contribution in [3.05, 3.63) is 24.3 Å². The monoisotopic (exact) mass is 1090 g/mol. The Hall–Kier alpha value is -1.42. The molecule has 0 bridgehead atoms. The number of nitrogens with one attached hydrogen (secondary N) is 1. The van der Waals surface area contributed by atoms with Gasteiger partial charge < -0.3 is 35.2 Å². The number of carbonyl (C=O) groups is 1. The molecule has 12 nitrogen and oxygen atoms in total. The van der Waals surface area contributed by atoms with Crippen molar-refractivity contribution in [3.63, 3.8) is 0 Å². The summed E-state index contributed by atoms with van der Waals surface area (Å²) >= 11 is 0. The summed E-state index contributed by atoms with van der Waals surface area (Å²) in [4.78, 5) is 13.2. The number of aliphatic hydroxyl groups excluding tert-OH is 4. The third-order valence-electron chi connectivity index (χ3n) is 15.3. The number of aliphatic hydroxyl groups is 4. The molecule has 444 valence electrons. The largest absolute Gasteiger partial charge is 0.397 e. The SMILES string of the molecule is CCCCCCCCCCC/C=C\C/C=C\CCCCCCCCCCCCCCCC(=O)NC(COC1OC(CO)C(O)C(OS(=O)(=O)O)C1O)C(O)CCCCCCCCCCCCCCCCCCCCC. The van der Waals surface area contributed by atoms with Gasteiger partial charge in [0.15, 0.2) is 6.29 Å². The van der Waals surface area contributed by atoms with E-state index in [0.717, 1.165) is 57.8 Å². The summed E-state index contributed by atoms with van der Waals surface area (Å²) in [5.74, 6) is -0.226. The Morgan fingerprint density at radius 3 is 1.27 bits per heavy atom. The van der Waals surface area contributed by atoms with E-state index in [4.69, 9.17) is 9.47 Å². The lowest BCUT2D eigenvalue weighted by atomic mass is 9.99. The molecule has 0 aromatic heterocycles. The van der Waals surface area contributed by atoms with Crippen molar-refractivity contribution in [1.29, 1.82) is 0 Å². The zero-order chi connectivity index (χ0) is 54.7. The Kier molecular flexibility index (Phi) is 49.6. The Morgan fingerprint density at radius 1 is 0.533 bits per heavy atom. The minimum Gasteiger partial charge on any atom is -0.394 e. The summed E-state index contributed by atoms with van der Waals surface area (Å²) in [7, 11) is -5.08. The van der Waals surface area contributed by atoms with Crippen LogP contribution in [0.3, 0.4) is 0 Å². The molecule has 1 rings (SSSR count). The second-order valence-corrected chi connectivity index (χ2v) is 23.4. The molecule has 13 heteroatoms. The first kappa shape index (κ1) is 71.6. The topological polar surface area (TPSA) is 192 Å². The molecule has 6 N–H and O–H groups in total. The number of hydrogen-bond acceptors (Lipinski definition) is 10. The Bertz CT molecular complexity index is 1420. The van der Waals surface area contributed by atoms with E-state index in [1.807, 2.05) is 0 Å². The Morgan fingerprint density at radius 2 is 0.893 bits per heavy atom. The minimum atomic E-state index is -5.08. The van der Waals surface area contributed by atoms with E-state index in [2.05, 4.69) is 47.7 Å². The number of ether oxygens (including phenoxy) is 2. The minimum absolute atomic E-state index is 0.226. The maximum Gasteiger partial charge on any atom is 0.397 e. The number of carbonyl (C=O) groups excluding carboxylic acids is 1. The van der Waals surface area contributed by atoms with E-state index in [-0.39, 0.29) is 12.5 Å². The van der Waals surface area contributed by atoms with Gasteiger partial charge in [0, 0.05) is 6.42 Å². The molecule has 7 atom stereocenters. The number of hydrogen-bond donors (Lipinski definition) is 6. The molecule has 0 saturated carbocycles. The lowest BCUT2D eigenvalue weighted by molar-refractivity contribution is -0.298. The van der Waals surface area contributed by atoms with Crippen molar-refractivity contribution < 1.29 is 51.8 Å². The lowest BCUT2D eigenvalue weighted by Crippen LogP contribution is -2.61. The van der Waals surface area contributed by atoms with E-state index >= 15 is 0 Å². The molecule has 75 heavy (non-hydrogen) atoms. The second kappa shape index (κ2) is 52.0. The third-order valence-corrected chi connectivity index (χ3v) is 15.7. The highest BCUT2D eigenvalue weighted by Gasteiger charge is 2.48. The lowest BCUT2D eigenvalue weighted by Gasteiger charge is -2.41. The number of allylic oxidation sites excluding steroid dienone is 4. The summed E-state index contributed by atoms with van der Waals surface area (Å²) in [6, 6.07) is -0.858. The van der Waals surface area contributed by atoms with Crippen LogP contribution in [0.5, 0.6) is 0 Å². The normalized spacial score (nSPS) is 19.2. The van der Waals surface area contributed by atoms with Gasteiger partial charge in [0.1, 0.15) is 24.4 Å². The van der Waals surface area contributed by atoms with Crippen molar-refractivity contribution in [2.24, 2.45) is 0 Å². The van der Waals surface area contributed by atoms with Gasteiger partial charge in [-0.15, -0.1) is 0 Å². The van der Waals surface area contributed by atoms with Crippen LogP contribution in [0.4, 0.5) is 0 Å². The molecule has 0 spiro atoms. The summed E-state index contributed by atoms with van der Waals surface area (Å²) in [5, 5.41) is 45.2. The van der Waals surface area contributed by atoms with Crippen LogP contribution in [-0.4, -0.2) is 95.4 Å². The zero-order valence-corrected chi connectivity index (χ0v) is 49.2. The quantitative estimate of drug-likeness (QED) is 0.0193. The average Bonchev–Trinajstić information content (AvgIpc) is 3.39. The van der Waals surface area contributed by atoms with E-state index < -0.39 is 59.9 Å². The van der Waals surface area contributed by atoms with Crippen LogP contribution in [0.25, 0.3) is 0 Å². The fraction of sp³-hybridized carbons (Fsp3) is 0.919. The molecule has 1 saturated heterocycles. The highest BCUT2D eigenvalue weighted by Crippen LogP contribution is 2.26. The van der Waals surface area contributed by atoms with E-state index in [1.165, 1.54) is 225 Å². The zero-order valence-electron chi connectivity index (χ0n) is 48.4. The maximum atomic E-state index is 13.2. The van der Waals surface area contributed by atoms with E-state index in [9.17, 15) is 38.2 Å². The second-order valence-electron chi connectivity index (χ2n) is 22.4. The highest BCUT2D eigenvalue weighted by atomic mass is 32.3. The van der Waals surface area contributed by atoms with Gasteiger partial charge >= 0.3 is 10.4 Å². The van der Waals surface area contributed by atoms with Gasteiger partial charge in [-0.1, -0.05) is 282 Å². The van der Waals surface area contributed by atoms with Gasteiger partial charge in [0.25, 0.3) is 0 Å². The molecule has 1 aliphatic rings. The fourth-order valence-electron chi connectivity index (χ4n) is 10.4. The first-order valence-corrected chi connectivity index (χ1v) is 33.1. The first-order valence-electron chi connectivity index (χ1n) is 31.7. The first-order chi connectivity index (χ1) is 36.5. The van der Waals surface area contributed by atoms with Crippen molar-refractivity contribution in [2.75, 3.05) is 13.2 Å². The number of amides is 1. The Labute approximate surface area is 461 Å². The predicted molar refractivity (Wildman–Crippen MR) is 310 cm³/mol. The Balaban J connectivity index is 2.28. The number of unbranched alkanes of at least 4 members (excludes halogenated alkanes) is 40. The molecule has 1 amide bonds. The summed E-state index contributed by atoms with van der Waals surface area (Å²) in [5.41, 5.74) is 0. The molecule has 1 heterocycles. The van der Waals surface area contributed by atoms with Gasteiger partial charge in [0.2, 0.25) is 5.91 Å². The number of rotatable bonds is 56. The molecule has 0 aromatic rings. The van der Waals surface area contributed by atoms with Crippen LogP contribution in [0.2, 0.25) is 0 Å². The predicted octanol–water partition coefficient (Wildman–Crippen LogP) is 15.6. The van der Waals surface area contributed by atoms with Gasteiger partial charge in [-0.3, -0.25) is 9.35 Å². The molecular weight excluding hydrogens is 967 g/mol. The molecule has 1 aliphatic heterocycles. The molecular formula is C62H119NO11S. The summed E-state index contributed by atoms with van der Waals surface area (Å²) in [6.07, 6.45) is 56.2. The van der Waals surface area contributed by atoms with E-state index in [1.54, 1.807) is 0 Å². The molecule has 0 aromatic carbocycles. The van der Waals surface area contributed by atoms with Crippen molar-refractivity contribution >= 4 is 16.3 Å². The van der Waals surface area contributed by atoms with E-state index in [0.29, 0.717) is 12.8 Å². The third kappa shape index (κ3) is 44.1. The van der Waals surface area contributed by atoms with Gasteiger partial charge in [0.05, 0.1) is 25.4 Å². The summed E-state index contributed by atoms with van der Waals surface area (Å²) < 4.78 is 48.0. The smallest absolute Gasteiger partial charge is 0.394 e. The van der Waals surface area contributed by atoms with Crippen LogP contribution in [0.1, 0.15) is 309 Å². The fourth-order valence-corrected chi connectivity index (χ4v) is 10.9. The molecule has 1 fully saturated rings. The van der Waals surface area contributed by atoms with Gasteiger partial charge in [-0.05, 0) is 44.9 Å². The highest BCUT2D eigenvalue weighted by molar-refractivity contribution is 7.80. The molecule has 7 unspecified atom stereocenters.